The van der Waals surface area contributed by atoms with E-state index in [1.807, 2.05) is 4.68 Å². The summed E-state index contributed by atoms with van der Waals surface area (Å²) in [4.78, 5) is 0. The van der Waals surface area contributed by atoms with E-state index in [-0.39, 0.29) is 6.04 Å². The summed E-state index contributed by atoms with van der Waals surface area (Å²) in [5.74, 6) is 6.39. The van der Waals surface area contributed by atoms with Gasteiger partial charge in [0, 0.05) is 6.04 Å². The smallest absolute Gasteiger partial charge is 0.161 e. The van der Waals surface area contributed by atoms with Gasteiger partial charge in [-0.3, -0.25) is 16.0 Å². The Morgan fingerprint density at radius 3 is 2.69 bits per heavy atom. The molecule has 0 spiro atoms. The van der Waals surface area contributed by atoms with E-state index in [1.54, 1.807) is 13.3 Å². The highest BCUT2D eigenvalue weighted by molar-refractivity contribution is 5.28. The SMILES string of the molecule is CCCC(NN)c1c(OC)cnn1C(C)C. The second-order valence-corrected chi connectivity index (χ2v) is 4.14. The molecule has 1 atom stereocenters. The Balaban J connectivity index is 3.09. The second kappa shape index (κ2) is 5.86. The Kier molecular flexibility index (Phi) is 4.76. The molecule has 5 nitrogen and oxygen atoms in total. The summed E-state index contributed by atoms with van der Waals surface area (Å²) in [6.07, 6.45) is 3.77. The first-order valence-corrected chi connectivity index (χ1v) is 5.73. The van der Waals surface area contributed by atoms with Gasteiger partial charge < -0.3 is 4.74 Å². The molecule has 92 valence electrons. The fraction of sp³-hybridized carbons (Fsp3) is 0.727. The lowest BCUT2D eigenvalue weighted by Gasteiger charge is -2.20. The third kappa shape index (κ3) is 2.54. The van der Waals surface area contributed by atoms with Crippen LogP contribution in [0, 0.1) is 0 Å². The van der Waals surface area contributed by atoms with Crippen LogP contribution < -0.4 is 16.0 Å². The predicted octanol–water partition coefficient (Wildman–Crippen LogP) is 1.78. The molecule has 0 saturated carbocycles. The molecule has 1 aromatic heterocycles. The summed E-state index contributed by atoms with van der Waals surface area (Å²) in [6.45, 7) is 6.32. The van der Waals surface area contributed by atoms with Gasteiger partial charge in [-0.1, -0.05) is 13.3 Å². The van der Waals surface area contributed by atoms with Crippen molar-refractivity contribution < 1.29 is 4.74 Å². The molecular weight excluding hydrogens is 204 g/mol. The monoisotopic (exact) mass is 226 g/mol. The van der Waals surface area contributed by atoms with Gasteiger partial charge in [0.15, 0.2) is 5.75 Å². The first-order valence-electron chi connectivity index (χ1n) is 5.73. The van der Waals surface area contributed by atoms with E-state index in [0.717, 1.165) is 24.3 Å². The first kappa shape index (κ1) is 13.0. The molecule has 0 fully saturated rings. The molecule has 0 aliphatic carbocycles. The number of nitrogens with two attached hydrogens (primary N) is 1. The summed E-state index contributed by atoms with van der Waals surface area (Å²) >= 11 is 0. The maximum absolute atomic E-state index is 5.60. The Morgan fingerprint density at radius 2 is 2.25 bits per heavy atom. The lowest BCUT2D eigenvalue weighted by Crippen LogP contribution is -2.30. The molecule has 0 saturated heterocycles. The van der Waals surface area contributed by atoms with Gasteiger partial charge in [0.05, 0.1) is 25.0 Å². The lowest BCUT2D eigenvalue weighted by molar-refractivity contribution is 0.377. The molecule has 0 aliphatic rings. The average molecular weight is 226 g/mol. The highest BCUT2D eigenvalue weighted by Gasteiger charge is 2.21. The van der Waals surface area contributed by atoms with E-state index in [0.29, 0.717) is 6.04 Å². The summed E-state index contributed by atoms with van der Waals surface area (Å²) < 4.78 is 7.28. The molecule has 0 aromatic carbocycles. The van der Waals surface area contributed by atoms with Crippen LogP contribution in [-0.4, -0.2) is 16.9 Å². The number of hydrazine groups is 1. The van der Waals surface area contributed by atoms with Gasteiger partial charge in [-0.2, -0.15) is 5.10 Å². The van der Waals surface area contributed by atoms with Crippen LogP contribution in [0.15, 0.2) is 6.20 Å². The van der Waals surface area contributed by atoms with Gasteiger partial charge in [-0.15, -0.1) is 0 Å². The Labute approximate surface area is 96.9 Å². The third-order valence-electron chi connectivity index (χ3n) is 2.62. The lowest BCUT2D eigenvalue weighted by atomic mass is 10.1. The summed E-state index contributed by atoms with van der Waals surface area (Å²) in [5, 5.41) is 4.33. The minimum Gasteiger partial charge on any atom is -0.493 e. The van der Waals surface area contributed by atoms with Crippen LogP contribution in [0.5, 0.6) is 5.75 Å². The first-order chi connectivity index (χ1) is 7.65. The van der Waals surface area contributed by atoms with Gasteiger partial charge in [0.1, 0.15) is 0 Å². The Morgan fingerprint density at radius 1 is 1.56 bits per heavy atom. The zero-order valence-electron chi connectivity index (χ0n) is 10.5. The quantitative estimate of drug-likeness (QED) is 0.573. The van der Waals surface area contributed by atoms with Crippen molar-refractivity contribution in [3.63, 3.8) is 0 Å². The molecule has 0 radical (unpaired) electrons. The molecule has 16 heavy (non-hydrogen) atoms. The van der Waals surface area contributed by atoms with E-state index >= 15 is 0 Å². The number of nitrogens with one attached hydrogen (secondary N) is 1. The molecule has 1 aromatic rings. The second-order valence-electron chi connectivity index (χ2n) is 4.14. The molecule has 0 bridgehead atoms. The molecule has 1 rings (SSSR count). The number of aromatic nitrogens is 2. The number of nitrogens with zero attached hydrogens (tertiary/aromatic N) is 2. The van der Waals surface area contributed by atoms with E-state index in [2.05, 4.69) is 31.3 Å². The van der Waals surface area contributed by atoms with E-state index in [4.69, 9.17) is 10.6 Å². The zero-order chi connectivity index (χ0) is 12.1. The van der Waals surface area contributed by atoms with Crippen LogP contribution in [0.25, 0.3) is 0 Å². The molecular formula is C11H22N4O. The highest BCUT2D eigenvalue weighted by atomic mass is 16.5. The van der Waals surface area contributed by atoms with Crippen molar-refractivity contribution in [2.45, 2.75) is 45.7 Å². The molecule has 0 aliphatic heterocycles. The maximum Gasteiger partial charge on any atom is 0.161 e. The average Bonchev–Trinajstić information content (AvgIpc) is 2.69. The van der Waals surface area contributed by atoms with E-state index in [9.17, 15) is 0 Å². The minimum atomic E-state index is 0.0878. The van der Waals surface area contributed by atoms with Crippen LogP contribution in [0.2, 0.25) is 0 Å². The van der Waals surface area contributed by atoms with Gasteiger partial charge in [-0.05, 0) is 20.3 Å². The van der Waals surface area contributed by atoms with Crippen molar-refractivity contribution in [3.8, 4) is 5.75 Å². The standard InChI is InChI=1S/C11H22N4O/c1-5-6-9(14-12)11-10(16-4)7-13-15(11)8(2)3/h7-9,14H,5-6,12H2,1-4H3. The summed E-state index contributed by atoms with van der Waals surface area (Å²) in [6, 6.07) is 0.386. The predicted molar refractivity (Wildman–Crippen MR) is 64.1 cm³/mol. The number of rotatable bonds is 6. The fourth-order valence-electron chi connectivity index (χ4n) is 1.84. The summed E-state index contributed by atoms with van der Waals surface area (Å²) in [7, 11) is 1.66. The van der Waals surface area contributed by atoms with Crippen molar-refractivity contribution in [2.75, 3.05) is 7.11 Å². The molecule has 5 heteroatoms. The molecule has 1 unspecified atom stereocenters. The number of hydrogen-bond donors (Lipinski definition) is 2. The van der Waals surface area contributed by atoms with E-state index in [1.165, 1.54) is 0 Å². The van der Waals surface area contributed by atoms with Crippen molar-refractivity contribution in [1.29, 1.82) is 0 Å². The maximum atomic E-state index is 5.60. The van der Waals surface area contributed by atoms with Crippen molar-refractivity contribution in [2.24, 2.45) is 5.84 Å². The number of ether oxygens (including phenoxy) is 1. The Bertz CT molecular complexity index is 322. The van der Waals surface area contributed by atoms with Crippen LogP contribution in [0.3, 0.4) is 0 Å². The topological polar surface area (TPSA) is 65.1 Å². The van der Waals surface area contributed by atoms with Gasteiger partial charge in [-0.25, -0.2) is 0 Å². The van der Waals surface area contributed by atoms with Crippen LogP contribution in [0.4, 0.5) is 0 Å². The van der Waals surface area contributed by atoms with Gasteiger partial charge in [0.25, 0.3) is 0 Å². The van der Waals surface area contributed by atoms with E-state index < -0.39 is 0 Å². The largest absolute Gasteiger partial charge is 0.493 e. The third-order valence-corrected chi connectivity index (χ3v) is 2.62. The number of methoxy groups -OCH3 is 1. The zero-order valence-corrected chi connectivity index (χ0v) is 10.5. The van der Waals surface area contributed by atoms with Crippen molar-refractivity contribution in [1.82, 2.24) is 15.2 Å². The fourth-order valence-corrected chi connectivity index (χ4v) is 1.84. The van der Waals surface area contributed by atoms with Gasteiger partial charge in [0.2, 0.25) is 0 Å². The van der Waals surface area contributed by atoms with Crippen LogP contribution in [0.1, 0.15) is 51.4 Å². The van der Waals surface area contributed by atoms with Crippen molar-refractivity contribution in [3.05, 3.63) is 11.9 Å². The molecule has 0 amide bonds. The van der Waals surface area contributed by atoms with Gasteiger partial charge >= 0.3 is 0 Å². The Hall–Kier alpha value is -1.07. The van der Waals surface area contributed by atoms with Crippen LogP contribution >= 0.6 is 0 Å². The summed E-state index contributed by atoms with van der Waals surface area (Å²) in [5.41, 5.74) is 3.86. The number of hydrogen-bond acceptors (Lipinski definition) is 4. The highest BCUT2D eigenvalue weighted by Crippen LogP contribution is 2.29. The molecule has 1 heterocycles. The minimum absolute atomic E-state index is 0.0878. The molecule has 3 N–H and O–H groups in total. The van der Waals surface area contributed by atoms with Crippen LogP contribution in [-0.2, 0) is 0 Å². The normalized spacial score (nSPS) is 13.1. The van der Waals surface area contributed by atoms with Crippen molar-refractivity contribution >= 4 is 0 Å².